The van der Waals surface area contributed by atoms with Crippen molar-refractivity contribution in [2.45, 2.75) is 31.8 Å². The minimum Gasteiger partial charge on any atom is -0.491 e. The van der Waals surface area contributed by atoms with Crippen molar-refractivity contribution in [3.8, 4) is 5.75 Å². The van der Waals surface area contributed by atoms with Crippen molar-refractivity contribution in [1.29, 1.82) is 0 Å². The van der Waals surface area contributed by atoms with Crippen molar-refractivity contribution in [3.63, 3.8) is 0 Å². The molecule has 6 nitrogen and oxygen atoms in total. The van der Waals surface area contributed by atoms with Crippen LogP contribution in [0.1, 0.15) is 36.0 Å². The number of piperidine rings is 1. The van der Waals surface area contributed by atoms with E-state index in [1.54, 1.807) is 23.1 Å². The average Bonchev–Trinajstić information content (AvgIpc) is 3.13. The van der Waals surface area contributed by atoms with Crippen LogP contribution in [-0.4, -0.2) is 54.3 Å². The predicted octanol–water partition coefficient (Wildman–Crippen LogP) is 2.18. The van der Waals surface area contributed by atoms with E-state index in [2.05, 4.69) is 0 Å². The molecule has 3 rings (SSSR count). The number of benzene rings is 1. The smallest absolute Gasteiger partial charge is 0.308 e. The minimum atomic E-state index is -0.832. The molecule has 0 spiro atoms. The Balaban J connectivity index is 1.61. The first-order chi connectivity index (χ1) is 11.6. The molecule has 2 fully saturated rings. The molecule has 0 aromatic heterocycles. The van der Waals surface area contributed by atoms with Crippen LogP contribution in [0.4, 0.5) is 0 Å². The first-order valence-corrected chi connectivity index (χ1v) is 8.50. The number of hydrogen-bond acceptors (Lipinski definition) is 4. The van der Waals surface area contributed by atoms with Gasteiger partial charge in [-0.15, -0.1) is 0 Å². The normalized spacial score (nSPS) is 23.9. The fourth-order valence-electron chi connectivity index (χ4n) is 3.23. The van der Waals surface area contributed by atoms with Crippen molar-refractivity contribution >= 4 is 11.9 Å². The summed E-state index contributed by atoms with van der Waals surface area (Å²) in [4.78, 5) is 25.4. The van der Waals surface area contributed by atoms with Crippen LogP contribution < -0.4 is 4.74 Å². The lowest BCUT2D eigenvalue weighted by atomic mass is 9.97. The largest absolute Gasteiger partial charge is 0.491 e. The van der Waals surface area contributed by atoms with Gasteiger partial charge in [-0.05, 0) is 43.9 Å². The van der Waals surface area contributed by atoms with Crippen LogP contribution in [0.15, 0.2) is 24.3 Å². The van der Waals surface area contributed by atoms with E-state index < -0.39 is 11.9 Å². The van der Waals surface area contributed by atoms with Crippen molar-refractivity contribution in [2.24, 2.45) is 5.92 Å². The number of carbonyl (C=O) groups is 2. The predicted molar refractivity (Wildman–Crippen MR) is 87.2 cm³/mol. The Labute approximate surface area is 141 Å². The highest BCUT2D eigenvalue weighted by Gasteiger charge is 2.28. The molecule has 1 amide bonds. The summed E-state index contributed by atoms with van der Waals surface area (Å²) < 4.78 is 11.3. The fourth-order valence-corrected chi connectivity index (χ4v) is 3.23. The molecule has 1 aromatic carbocycles. The second kappa shape index (κ2) is 7.66. The quantitative estimate of drug-likeness (QED) is 0.894. The van der Waals surface area contributed by atoms with E-state index in [4.69, 9.17) is 14.6 Å². The van der Waals surface area contributed by atoms with E-state index in [1.165, 1.54) is 0 Å². The number of likely N-dealkylation sites (tertiary alicyclic amines) is 1. The maximum atomic E-state index is 12.6. The van der Waals surface area contributed by atoms with Crippen LogP contribution in [0.3, 0.4) is 0 Å². The molecule has 2 saturated heterocycles. The number of carboxylic acid groups (broad SMARTS) is 1. The molecule has 130 valence electrons. The van der Waals surface area contributed by atoms with Crippen LogP contribution >= 0.6 is 0 Å². The Morgan fingerprint density at radius 2 is 2.17 bits per heavy atom. The maximum absolute atomic E-state index is 12.6. The number of hydrogen-bond donors (Lipinski definition) is 1. The molecule has 2 heterocycles. The molecule has 2 aliphatic rings. The van der Waals surface area contributed by atoms with Gasteiger partial charge in [-0.1, -0.05) is 6.07 Å². The lowest BCUT2D eigenvalue weighted by molar-refractivity contribution is -0.143. The third-order valence-electron chi connectivity index (χ3n) is 4.60. The molecule has 0 radical (unpaired) electrons. The summed E-state index contributed by atoms with van der Waals surface area (Å²) in [5.74, 6) is -0.797. The topological polar surface area (TPSA) is 76.1 Å². The van der Waals surface area contributed by atoms with E-state index >= 15 is 0 Å². The van der Waals surface area contributed by atoms with E-state index in [9.17, 15) is 9.59 Å². The molecule has 1 N–H and O–H groups in total. The highest BCUT2D eigenvalue weighted by atomic mass is 16.5. The lowest BCUT2D eigenvalue weighted by Gasteiger charge is -2.30. The van der Waals surface area contributed by atoms with Crippen LogP contribution in [-0.2, 0) is 9.53 Å². The number of carbonyl (C=O) groups excluding carboxylic acids is 1. The van der Waals surface area contributed by atoms with Gasteiger partial charge in [-0.25, -0.2) is 0 Å². The molecule has 2 atom stereocenters. The Bertz CT molecular complexity index is 597. The number of nitrogens with zero attached hydrogens (tertiary/aromatic N) is 1. The molecule has 2 aliphatic heterocycles. The van der Waals surface area contributed by atoms with Gasteiger partial charge < -0.3 is 19.5 Å². The number of rotatable bonds is 5. The zero-order valence-corrected chi connectivity index (χ0v) is 13.6. The van der Waals surface area contributed by atoms with Crippen molar-refractivity contribution < 1.29 is 24.2 Å². The van der Waals surface area contributed by atoms with Gasteiger partial charge in [0, 0.05) is 25.3 Å². The molecule has 1 aromatic rings. The summed E-state index contributed by atoms with van der Waals surface area (Å²) in [6.07, 6.45) is 3.54. The van der Waals surface area contributed by atoms with Crippen molar-refractivity contribution in [3.05, 3.63) is 29.8 Å². The zero-order chi connectivity index (χ0) is 16.9. The number of ether oxygens (including phenoxy) is 2. The summed E-state index contributed by atoms with van der Waals surface area (Å²) in [6, 6.07) is 7.08. The minimum absolute atomic E-state index is 0.128. The van der Waals surface area contributed by atoms with Crippen LogP contribution in [0, 0.1) is 5.92 Å². The molecule has 6 heteroatoms. The summed E-state index contributed by atoms with van der Waals surface area (Å²) in [5.41, 5.74) is 0.533. The van der Waals surface area contributed by atoms with Gasteiger partial charge in [-0.3, -0.25) is 9.59 Å². The Hall–Kier alpha value is -2.08. The second-order valence-electron chi connectivity index (χ2n) is 6.40. The molecule has 2 unspecified atom stereocenters. The first-order valence-electron chi connectivity index (χ1n) is 8.50. The highest BCUT2D eigenvalue weighted by Crippen LogP contribution is 2.21. The van der Waals surface area contributed by atoms with Crippen molar-refractivity contribution in [1.82, 2.24) is 4.90 Å². The van der Waals surface area contributed by atoms with E-state index in [0.29, 0.717) is 30.9 Å². The van der Waals surface area contributed by atoms with Crippen LogP contribution in [0.2, 0.25) is 0 Å². The van der Waals surface area contributed by atoms with Gasteiger partial charge in [0.1, 0.15) is 12.4 Å². The SMILES string of the molecule is O=C(O)C1CCCN(C(=O)c2cccc(OCC3CCCO3)c2)C1. The summed E-state index contributed by atoms with van der Waals surface area (Å²) in [6.45, 7) is 2.15. The Kier molecular flexibility index (Phi) is 5.35. The lowest BCUT2D eigenvalue weighted by Crippen LogP contribution is -2.42. The summed E-state index contributed by atoms with van der Waals surface area (Å²) in [5, 5.41) is 9.16. The maximum Gasteiger partial charge on any atom is 0.308 e. The van der Waals surface area contributed by atoms with E-state index in [1.807, 2.05) is 6.07 Å². The molecule has 24 heavy (non-hydrogen) atoms. The molecular formula is C18H23NO5. The number of amides is 1. The molecule has 0 saturated carbocycles. The standard InChI is InChI=1S/C18H23NO5/c20-17(19-8-2-5-14(11-19)18(21)22)13-4-1-6-15(10-13)24-12-16-7-3-9-23-16/h1,4,6,10,14,16H,2-3,5,7-9,11-12H2,(H,21,22). The summed E-state index contributed by atoms with van der Waals surface area (Å²) >= 11 is 0. The van der Waals surface area contributed by atoms with Crippen LogP contribution in [0.25, 0.3) is 0 Å². The monoisotopic (exact) mass is 333 g/mol. The van der Waals surface area contributed by atoms with Crippen LogP contribution in [0.5, 0.6) is 5.75 Å². The third kappa shape index (κ3) is 4.06. The van der Waals surface area contributed by atoms with Gasteiger partial charge in [-0.2, -0.15) is 0 Å². The van der Waals surface area contributed by atoms with Gasteiger partial charge in [0.15, 0.2) is 0 Å². The highest BCUT2D eigenvalue weighted by molar-refractivity contribution is 5.95. The summed E-state index contributed by atoms with van der Waals surface area (Å²) in [7, 11) is 0. The first kappa shape index (κ1) is 16.8. The van der Waals surface area contributed by atoms with E-state index in [-0.39, 0.29) is 18.6 Å². The Morgan fingerprint density at radius 3 is 2.92 bits per heavy atom. The molecule has 0 bridgehead atoms. The molecule has 0 aliphatic carbocycles. The third-order valence-corrected chi connectivity index (χ3v) is 4.60. The average molecular weight is 333 g/mol. The second-order valence-corrected chi connectivity index (χ2v) is 6.40. The zero-order valence-electron chi connectivity index (χ0n) is 13.6. The van der Waals surface area contributed by atoms with Gasteiger partial charge in [0.2, 0.25) is 0 Å². The van der Waals surface area contributed by atoms with Gasteiger partial charge in [0.05, 0.1) is 12.0 Å². The van der Waals surface area contributed by atoms with Gasteiger partial charge >= 0.3 is 5.97 Å². The fraction of sp³-hybridized carbons (Fsp3) is 0.556. The molecular weight excluding hydrogens is 310 g/mol. The number of carboxylic acids is 1. The van der Waals surface area contributed by atoms with E-state index in [0.717, 1.165) is 25.9 Å². The van der Waals surface area contributed by atoms with Gasteiger partial charge in [0.25, 0.3) is 5.91 Å². The van der Waals surface area contributed by atoms with Crippen molar-refractivity contribution in [2.75, 3.05) is 26.3 Å². The number of aliphatic carboxylic acids is 1. The Morgan fingerprint density at radius 1 is 1.29 bits per heavy atom.